The Hall–Kier alpha value is -1.78. The first kappa shape index (κ1) is 17.3. The summed E-state index contributed by atoms with van der Waals surface area (Å²) < 4.78 is 10.1. The Kier molecular flexibility index (Phi) is 6.46. The van der Waals surface area contributed by atoms with Gasteiger partial charge in [0.2, 0.25) is 0 Å². The van der Waals surface area contributed by atoms with E-state index in [-0.39, 0.29) is 11.9 Å². The fourth-order valence-corrected chi connectivity index (χ4v) is 2.63. The zero-order valence-corrected chi connectivity index (χ0v) is 13.5. The van der Waals surface area contributed by atoms with Crippen LogP contribution in [0.5, 0.6) is 0 Å². The molecular weight excluding hydrogens is 270 g/mol. The fraction of sp³-hybridized carbons (Fsp3) is 0.625. The minimum atomic E-state index is -0.397. The van der Waals surface area contributed by atoms with Crippen molar-refractivity contribution in [2.24, 2.45) is 5.92 Å². The van der Waals surface area contributed by atoms with Crippen LogP contribution in [0.2, 0.25) is 0 Å². The molecule has 21 heavy (non-hydrogen) atoms. The van der Waals surface area contributed by atoms with E-state index < -0.39 is 5.97 Å². The summed E-state index contributed by atoms with van der Waals surface area (Å²) in [4.78, 5) is 24.4. The molecule has 1 rings (SSSR count). The summed E-state index contributed by atoms with van der Waals surface area (Å²) in [6, 6.07) is 0. The molecule has 0 aromatic heterocycles. The minimum Gasteiger partial charge on any atom is -0.466 e. The second-order valence-electron chi connectivity index (χ2n) is 5.17. The number of esters is 2. The Morgan fingerprint density at radius 1 is 1.05 bits per heavy atom. The summed E-state index contributed by atoms with van der Waals surface area (Å²) in [6.45, 7) is 8.01. The number of hydrogen-bond acceptors (Lipinski definition) is 5. The van der Waals surface area contributed by atoms with Gasteiger partial charge in [-0.2, -0.15) is 0 Å². The van der Waals surface area contributed by atoms with Gasteiger partial charge in [-0.25, -0.2) is 9.59 Å². The first-order chi connectivity index (χ1) is 9.97. The maximum absolute atomic E-state index is 12.3. The van der Waals surface area contributed by atoms with Gasteiger partial charge in [0.1, 0.15) is 0 Å². The Labute approximate surface area is 126 Å². The van der Waals surface area contributed by atoms with Crippen LogP contribution in [0.4, 0.5) is 0 Å². The summed E-state index contributed by atoms with van der Waals surface area (Å²) in [5.74, 6) is -1.02. The van der Waals surface area contributed by atoms with E-state index in [9.17, 15) is 9.59 Å². The van der Waals surface area contributed by atoms with Crippen molar-refractivity contribution in [1.29, 1.82) is 0 Å². The first-order valence-corrected chi connectivity index (χ1v) is 7.41. The largest absolute Gasteiger partial charge is 0.466 e. The third kappa shape index (κ3) is 3.86. The molecule has 1 unspecified atom stereocenters. The first-order valence-electron chi connectivity index (χ1n) is 7.41. The van der Waals surface area contributed by atoms with Crippen LogP contribution in [0.15, 0.2) is 22.5 Å². The lowest BCUT2D eigenvalue weighted by Crippen LogP contribution is -2.33. The third-order valence-corrected chi connectivity index (χ3v) is 3.52. The average molecular weight is 295 g/mol. The average Bonchev–Trinajstić information content (AvgIpc) is 2.44. The number of allylic oxidation sites excluding steroid dienone is 2. The van der Waals surface area contributed by atoms with Crippen molar-refractivity contribution in [1.82, 2.24) is 5.32 Å². The van der Waals surface area contributed by atoms with E-state index in [1.54, 1.807) is 0 Å². The van der Waals surface area contributed by atoms with Gasteiger partial charge < -0.3 is 14.8 Å². The number of rotatable bonds is 6. The van der Waals surface area contributed by atoms with Crippen molar-refractivity contribution >= 4 is 11.9 Å². The standard InChI is InChI=1S/C16H25NO4/c1-6-8-12-13(15(18)20-5)10(3)17-11(4)14(12)16(19)21-9-7-2/h12,17H,6-9H2,1-5H3. The van der Waals surface area contributed by atoms with Crippen molar-refractivity contribution in [3.8, 4) is 0 Å². The molecule has 0 aromatic rings. The fourth-order valence-electron chi connectivity index (χ4n) is 2.63. The number of ether oxygens (including phenoxy) is 2. The molecule has 1 aliphatic heterocycles. The molecule has 1 atom stereocenters. The molecule has 0 spiro atoms. The van der Waals surface area contributed by atoms with Gasteiger partial charge in [0.25, 0.3) is 0 Å². The van der Waals surface area contributed by atoms with Crippen molar-refractivity contribution in [3.05, 3.63) is 22.5 Å². The van der Waals surface area contributed by atoms with E-state index in [1.807, 2.05) is 27.7 Å². The number of dihydropyridines is 1. The molecule has 0 amide bonds. The van der Waals surface area contributed by atoms with Crippen molar-refractivity contribution in [2.75, 3.05) is 13.7 Å². The Bertz CT molecular complexity index is 477. The Morgan fingerprint density at radius 2 is 1.62 bits per heavy atom. The van der Waals surface area contributed by atoms with Crippen LogP contribution < -0.4 is 5.32 Å². The van der Waals surface area contributed by atoms with Crippen LogP contribution in [-0.4, -0.2) is 25.7 Å². The number of nitrogens with one attached hydrogen (secondary N) is 1. The Balaban J connectivity index is 3.18. The van der Waals surface area contributed by atoms with Gasteiger partial charge >= 0.3 is 11.9 Å². The number of hydrogen-bond donors (Lipinski definition) is 1. The molecule has 5 nitrogen and oxygen atoms in total. The van der Waals surface area contributed by atoms with Gasteiger partial charge in [-0.3, -0.25) is 0 Å². The number of carbonyl (C=O) groups excluding carboxylic acids is 2. The summed E-state index contributed by atoms with van der Waals surface area (Å²) in [5, 5.41) is 3.10. The van der Waals surface area contributed by atoms with Gasteiger partial charge in [-0.05, 0) is 26.7 Å². The molecular formula is C16H25NO4. The number of carbonyl (C=O) groups is 2. The predicted octanol–water partition coefficient (Wildman–Crippen LogP) is 2.68. The second kappa shape index (κ2) is 7.86. The normalized spacial score (nSPS) is 18.4. The van der Waals surface area contributed by atoms with Crippen molar-refractivity contribution in [2.45, 2.75) is 47.0 Å². The third-order valence-electron chi connectivity index (χ3n) is 3.52. The van der Waals surface area contributed by atoms with Crippen LogP contribution in [-0.2, 0) is 19.1 Å². The van der Waals surface area contributed by atoms with Crippen LogP contribution in [0.25, 0.3) is 0 Å². The number of methoxy groups -OCH3 is 1. The zero-order valence-electron chi connectivity index (χ0n) is 13.5. The van der Waals surface area contributed by atoms with E-state index in [2.05, 4.69) is 5.32 Å². The topological polar surface area (TPSA) is 64.6 Å². The summed E-state index contributed by atoms with van der Waals surface area (Å²) in [5.41, 5.74) is 2.55. The monoisotopic (exact) mass is 295 g/mol. The van der Waals surface area contributed by atoms with E-state index in [4.69, 9.17) is 9.47 Å². The zero-order chi connectivity index (χ0) is 16.0. The SMILES string of the molecule is CCCOC(=O)C1=C(C)NC(C)=C(C(=O)OC)C1CCC. The van der Waals surface area contributed by atoms with Gasteiger partial charge in [0.15, 0.2) is 0 Å². The predicted molar refractivity (Wildman–Crippen MR) is 80.2 cm³/mol. The molecule has 118 valence electrons. The van der Waals surface area contributed by atoms with Crippen LogP contribution >= 0.6 is 0 Å². The highest BCUT2D eigenvalue weighted by atomic mass is 16.5. The molecule has 0 aliphatic carbocycles. The second-order valence-corrected chi connectivity index (χ2v) is 5.17. The van der Waals surface area contributed by atoms with Gasteiger partial charge in [-0.15, -0.1) is 0 Å². The highest BCUT2D eigenvalue weighted by Crippen LogP contribution is 2.34. The van der Waals surface area contributed by atoms with Crippen LogP contribution in [0.1, 0.15) is 47.0 Å². The van der Waals surface area contributed by atoms with Crippen molar-refractivity contribution in [3.63, 3.8) is 0 Å². The van der Waals surface area contributed by atoms with Gasteiger partial charge in [0.05, 0.1) is 24.9 Å². The quantitative estimate of drug-likeness (QED) is 0.763. The molecule has 1 heterocycles. The maximum atomic E-state index is 12.3. The van der Waals surface area contributed by atoms with Gasteiger partial charge in [0, 0.05) is 17.3 Å². The highest BCUT2D eigenvalue weighted by Gasteiger charge is 2.35. The molecule has 5 heteroatoms. The molecule has 0 aromatic carbocycles. The summed E-state index contributed by atoms with van der Waals surface area (Å²) in [6.07, 6.45) is 2.33. The molecule has 0 radical (unpaired) electrons. The summed E-state index contributed by atoms with van der Waals surface area (Å²) >= 11 is 0. The Morgan fingerprint density at radius 3 is 2.10 bits per heavy atom. The van der Waals surface area contributed by atoms with Crippen LogP contribution in [0, 0.1) is 5.92 Å². The minimum absolute atomic E-state index is 0.270. The summed E-state index contributed by atoms with van der Waals surface area (Å²) in [7, 11) is 1.35. The smallest absolute Gasteiger partial charge is 0.336 e. The molecule has 0 bridgehead atoms. The van der Waals surface area contributed by atoms with E-state index in [0.717, 1.165) is 24.2 Å². The van der Waals surface area contributed by atoms with Gasteiger partial charge in [-0.1, -0.05) is 20.3 Å². The van der Waals surface area contributed by atoms with E-state index >= 15 is 0 Å². The molecule has 0 saturated heterocycles. The van der Waals surface area contributed by atoms with Crippen LogP contribution in [0.3, 0.4) is 0 Å². The molecule has 0 saturated carbocycles. The van der Waals surface area contributed by atoms with E-state index in [1.165, 1.54) is 7.11 Å². The van der Waals surface area contributed by atoms with Crippen molar-refractivity contribution < 1.29 is 19.1 Å². The van der Waals surface area contributed by atoms with E-state index in [0.29, 0.717) is 24.2 Å². The lowest BCUT2D eigenvalue weighted by Gasteiger charge is -2.29. The highest BCUT2D eigenvalue weighted by molar-refractivity contribution is 5.97. The lowest BCUT2D eigenvalue weighted by molar-refractivity contribution is -0.140. The molecule has 0 fully saturated rings. The maximum Gasteiger partial charge on any atom is 0.336 e. The molecule has 1 N–H and O–H groups in total. The molecule has 1 aliphatic rings. The lowest BCUT2D eigenvalue weighted by atomic mass is 9.82.